The van der Waals surface area contributed by atoms with Crippen molar-refractivity contribution in [1.82, 2.24) is 0 Å². The number of carboxylic acids is 1. The highest BCUT2D eigenvalue weighted by Crippen LogP contribution is 2.32. The lowest BCUT2D eigenvalue weighted by Gasteiger charge is -1.99. The largest absolute Gasteiger partial charge is 0.481 e. The minimum absolute atomic E-state index is 0.00926. The Hall–Kier alpha value is -1.46. The van der Waals surface area contributed by atoms with Crippen LogP contribution < -0.4 is 0 Å². The predicted molar refractivity (Wildman–Crippen MR) is 71.3 cm³/mol. The van der Waals surface area contributed by atoms with Gasteiger partial charge in [-0.2, -0.15) is 0 Å². The molecule has 18 heavy (non-hydrogen) atoms. The Morgan fingerprint density at radius 3 is 2.78 bits per heavy atom. The standard InChI is InChI=1S/C10H11N2O4PS/c1-7-6-8(2-3-9(7)12(15)16)11-17(18)5-4-10(13)14/h2-3,6H,4-5H2,1H3,(H,13,14). The van der Waals surface area contributed by atoms with Crippen LogP contribution in [-0.2, 0) is 17.0 Å². The second kappa shape index (κ2) is 6.47. The molecule has 0 aliphatic rings. The van der Waals surface area contributed by atoms with Crippen LogP contribution in [0.5, 0.6) is 0 Å². The molecule has 0 amide bonds. The van der Waals surface area contributed by atoms with Crippen molar-refractivity contribution < 1.29 is 14.8 Å². The smallest absolute Gasteiger partial charge is 0.307 e. The molecule has 0 heterocycles. The van der Waals surface area contributed by atoms with Crippen LogP contribution in [0, 0.1) is 17.0 Å². The topological polar surface area (TPSA) is 92.8 Å². The quantitative estimate of drug-likeness (QED) is 0.388. The number of carbonyl (C=O) groups is 1. The van der Waals surface area contributed by atoms with E-state index in [-0.39, 0.29) is 12.1 Å². The molecule has 0 bridgehead atoms. The van der Waals surface area contributed by atoms with Gasteiger partial charge < -0.3 is 17.4 Å². The summed E-state index contributed by atoms with van der Waals surface area (Å²) in [5.41, 5.74) is 1.11. The Bertz CT molecular complexity index is 519. The van der Waals surface area contributed by atoms with E-state index in [9.17, 15) is 14.9 Å². The first-order valence-corrected chi connectivity index (χ1v) is 7.52. The van der Waals surface area contributed by atoms with Gasteiger partial charge in [-0.1, -0.05) is 4.74 Å². The molecule has 8 heteroatoms. The molecule has 1 atom stereocenters. The van der Waals surface area contributed by atoms with Crippen molar-refractivity contribution in [1.29, 1.82) is 0 Å². The molecule has 0 saturated carbocycles. The van der Waals surface area contributed by atoms with E-state index in [0.29, 0.717) is 17.4 Å². The van der Waals surface area contributed by atoms with Crippen molar-refractivity contribution in [3.05, 3.63) is 33.9 Å². The molecule has 0 spiro atoms. The molecule has 1 N–H and O–H groups in total. The summed E-state index contributed by atoms with van der Waals surface area (Å²) < 4.78 is 4.19. The van der Waals surface area contributed by atoms with Crippen LogP contribution in [-0.4, -0.2) is 22.2 Å². The van der Waals surface area contributed by atoms with E-state index >= 15 is 0 Å². The molecular weight excluding hydrogens is 275 g/mol. The number of aliphatic carboxylic acids is 1. The number of aryl methyl sites for hydroxylation is 1. The number of nitro groups is 1. The van der Waals surface area contributed by atoms with Gasteiger partial charge in [-0.25, -0.2) is 0 Å². The fourth-order valence-electron chi connectivity index (χ4n) is 1.28. The molecule has 1 aromatic carbocycles. The van der Waals surface area contributed by atoms with Crippen LogP contribution in [0.2, 0.25) is 0 Å². The van der Waals surface area contributed by atoms with Crippen LogP contribution in [0.3, 0.4) is 0 Å². The number of rotatable bonds is 5. The van der Waals surface area contributed by atoms with Gasteiger partial charge >= 0.3 is 5.97 Å². The van der Waals surface area contributed by atoms with Gasteiger partial charge in [0.2, 0.25) is 0 Å². The molecule has 6 nitrogen and oxygen atoms in total. The van der Waals surface area contributed by atoms with Gasteiger partial charge in [0.1, 0.15) is 11.8 Å². The van der Waals surface area contributed by atoms with Gasteiger partial charge in [-0.05, 0) is 19.1 Å². The average Bonchev–Trinajstić information content (AvgIpc) is 2.26. The van der Waals surface area contributed by atoms with Crippen molar-refractivity contribution in [2.75, 3.05) is 6.16 Å². The number of carboxylic acid groups (broad SMARTS) is 1. The summed E-state index contributed by atoms with van der Waals surface area (Å²) >= 11 is 5.07. The Kier molecular flexibility index (Phi) is 5.25. The number of hydrogen-bond acceptors (Lipinski definition) is 5. The zero-order valence-electron chi connectivity index (χ0n) is 9.57. The first-order chi connectivity index (χ1) is 8.40. The maximum absolute atomic E-state index is 10.6. The van der Waals surface area contributed by atoms with Crippen molar-refractivity contribution in [2.24, 2.45) is 4.74 Å². The highest BCUT2D eigenvalue weighted by molar-refractivity contribution is 8.28. The Morgan fingerprint density at radius 2 is 2.28 bits per heavy atom. The lowest BCUT2D eigenvalue weighted by atomic mass is 10.2. The third-order valence-electron chi connectivity index (χ3n) is 2.12. The van der Waals surface area contributed by atoms with Gasteiger partial charge in [0, 0.05) is 11.6 Å². The Balaban J connectivity index is 2.85. The van der Waals surface area contributed by atoms with Gasteiger partial charge in [-0.3, -0.25) is 14.9 Å². The van der Waals surface area contributed by atoms with Crippen LogP contribution in [0.4, 0.5) is 11.4 Å². The monoisotopic (exact) mass is 286 g/mol. The summed E-state index contributed by atoms with van der Waals surface area (Å²) in [6.07, 6.45) is 0.320. The molecule has 0 saturated heterocycles. The van der Waals surface area contributed by atoms with E-state index in [4.69, 9.17) is 17.4 Å². The minimum Gasteiger partial charge on any atom is -0.481 e. The second-order valence-electron chi connectivity index (χ2n) is 3.55. The normalized spacial score (nSPS) is 11.3. The fraction of sp³-hybridized carbons (Fsp3) is 0.300. The summed E-state index contributed by atoms with van der Waals surface area (Å²) in [6.45, 7) is 0.456. The first kappa shape index (κ1) is 14.6. The first-order valence-electron chi connectivity index (χ1n) is 5.03. The summed E-state index contributed by atoms with van der Waals surface area (Å²) in [5, 5.41) is 19.1. The van der Waals surface area contributed by atoms with Gasteiger partial charge in [0.25, 0.3) is 5.69 Å². The molecule has 0 radical (unpaired) electrons. The molecule has 0 fully saturated rings. The summed E-state index contributed by atoms with van der Waals surface area (Å²) in [4.78, 5) is 20.5. The summed E-state index contributed by atoms with van der Waals surface area (Å²) in [7, 11) is 0. The zero-order chi connectivity index (χ0) is 13.7. The molecule has 0 aromatic heterocycles. The lowest BCUT2D eigenvalue weighted by molar-refractivity contribution is -0.385. The van der Waals surface area contributed by atoms with Gasteiger partial charge in [0.15, 0.2) is 0 Å². The Morgan fingerprint density at radius 1 is 1.61 bits per heavy atom. The zero-order valence-corrected chi connectivity index (χ0v) is 11.3. The van der Waals surface area contributed by atoms with E-state index in [2.05, 4.69) is 4.74 Å². The van der Waals surface area contributed by atoms with Crippen LogP contribution in [0.1, 0.15) is 12.0 Å². The van der Waals surface area contributed by atoms with E-state index in [1.807, 2.05) is 0 Å². The van der Waals surface area contributed by atoms with Crippen LogP contribution in [0.15, 0.2) is 22.9 Å². The van der Waals surface area contributed by atoms with Crippen molar-refractivity contribution in [3.63, 3.8) is 0 Å². The maximum Gasteiger partial charge on any atom is 0.307 e. The van der Waals surface area contributed by atoms with Gasteiger partial charge in [0.05, 0.1) is 18.3 Å². The maximum atomic E-state index is 10.6. The third kappa shape index (κ3) is 4.43. The van der Waals surface area contributed by atoms with Crippen LogP contribution in [0.25, 0.3) is 0 Å². The molecule has 1 unspecified atom stereocenters. The molecule has 0 aliphatic carbocycles. The third-order valence-corrected chi connectivity index (χ3v) is 3.97. The van der Waals surface area contributed by atoms with Crippen LogP contribution >= 0.6 is 6.92 Å². The second-order valence-corrected chi connectivity index (χ2v) is 6.16. The molecule has 0 aliphatic heterocycles. The summed E-state index contributed by atoms with van der Waals surface area (Å²) in [5.74, 6) is -0.901. The highest BCUT2D eigenvalue weighted by atomic mass is 32.7. The van der Waals surface area contributed by atoms with E-state index in [1.54, 1.807) is 13.0 Å². The Labute approximate surface area is 110 Å². The number of benzene rings is 1. The molecular formula is C10H11N2O4PS. The molecule has 96 valence electrons. The highest BCUT2D eigenvalue weighted by Gasteiger charge is 2.11. The number of nitro benzene ring substituents is 1. The molecule has 1 rings (SSSR count). The van der Waals surface area contributed by atoms with Crippen molar-refractivity contribution >= 4 is 36.5 Å². The lowest BCUT2D eigenvalue weighted by Crippen LogP contribution is -1.95. The molecule has 1 aromatic rings. The van der Waals surface area contributed by atoms with Gasteiger partial charge in [-0.15, -0.1) is 0 Å². The SMILES string of the molecule is Cc1cc(N=[P+]([S-])CCC(=O)O)ccc1[N+](=O)[O-]. The number of hydrogen-bond donors (Lipinski definition) is 1. The van der Waals surface area contributed by atoms with E-state index in [0.717, 1.165) is 0 Å². The van der Waals surface area contributed by atoms with Crippen molar-refractivity contribution in [3.8, 4) is 0 Å². The minimum atomic E-state index is -1.17. The van der Waals surface area contributed by atoms with E-state index < -0.39 is 17.8 Å². The van der Waals surface area contributed by atoms with E-state index in [1.165, 1.54) is 12.1 Å². The van der Waals surface area contributed by atoms with Crippen molar-refractivity contribution in [2.45, 2.75) is 13.3 Å². The summed E-state index contributed by atoms with van der Waals surface area (Å²) in [6, 6.07) is 4.48. The average molecular weight is 286 g/mol. The number of nitrogens with zero attached hydrogens (tertiary/aromatic N) is 2. The fourth-order valence-corrected chi connectivity index (χ4v) is 2.70. The predicted octanol–water partition coefficient (Wildman–Crippen LogP) is 3.14.